The number of aromatic nitrogens is 2. The molecule has 5 heteroatoms. The molecule has 124 valence electrons. The topological polar surface area (TPSA) is 49.6 Å². The molecule has 0 atom stereocenters. The van der Waals surface area contributed by atoms with Crippen molar-refractivity contribution in [2.24, 2.45) is 0 Å². The molecule has 4 rings (SSSR count). The summed E-state index contributed by atoms with van der Waals surface area (Å²) >= 11 is 0. The van der Waals surface area contributed by atoms with Gasteiger partial charge in [-0.25, -0.2) is 9.37 Å². The number of phenolic OH excluding ortho intramolecular Hbond substituents is 1. The van der Waals surface area contributed by atoms with Crippen LogP contribution in [0.3, 0.4) is 0 Å². The van der Waals surface area contributed by atoms with Gasteiger partial charge in [-0.3, -0.25) is 4.40 Å². The lowest BCUT2D eigenvalue weighted by Gasteiger charge is -2.11. The molecule has 0 saturated carbocycles. The summed E-state index contributed by atoms with van der Waals surface area (Å²) in [7, 11) is 0. The first-order valence-corrected chi connectivity index (χ1v) is 7.92. The van der Waals surface area contributed by atoms with Gasteiger partial charge in [0.1, 0.15) is 28.7 Å². The van der Waals surface area contributed by atoms with E-state index in [-0.39, 0.29) is 11.6 Å². The van der Waals surface area contributed by atoms with E-state index in [1.165, 1.54) is 12.1 Å². The SMILES string of the molecule is Cc1cccc2nc(-c3cccc(O)c3)c(Nc3ccc(F)cc3)n12. The van der Waals surface area contributed by atoms with Gasteiger partial charge >= 0.3 is 0 Å². The van der Waals surface area contributed by atoms with Crippen LogP contribution in [0.4, 0.5) is 15.9 Å². The molecule has 4 nitrogen and oxygen atoms in total. The molecule has 0 fully saturated rings. The fourth-order valence-electron chi connectivity index (χ4n) is 2.89. The van der Waals surface area contributed by atoms with E-state index in [1.54, 1.807) is 30.3 Å². The van der Waals surface area contributed by atoms with Crippen LogP contribution in [0.1, 0.15) is 5.69 Å². The summed E-state index contributed by atoms with van der Waals surface area (Å²) in [6.07, 6.45) is 0. The molecule has 0 amide bonds. The molecule has 2 N–H and O–H groups in total. The van der Waals surface area contributed by atoms with Gasteiger partial charge in [0.2, 0.25) is 0 Å². The first-order valence-electron chi connectivity index (χ1n) is 7.92. The van der Waals surface area contributed by atoms with Crippen LogP contribution < -0.4 is 5.32 Å². The zero-order valence-electron chi connectivity index (χ0n) is 13.6. The van der Waals surface area contributed by atoms with E-state index < -0.39 is 0 Å². The predicted molar refractivity (Wildman–Crippen MR) is 96.7 cm³/mol. The number of rotatable bonds is 3. The van der Waals surface area contributed by atoms with Gasteiger partial charge in [-0.2, -0.15) is 0 Å². The molecule has 0 saturated heterocycles. The number of pyridine rings is 1. The Morgan fingerprint density at radius 2 is 1.76 bits per heavy atom. The second-order valence-electron chi connectivity index (χ2n) is 5.85. The molecule has 0 aliphatic carbocycles. The van der Waals surface area contributed by atoms with Gasteiger partial charge in [-0.15, -0.1) is 0 Å². The van der Waals surface area contributed by atoms with E-state index >= 15 is 0 Å². The maximum atomic E-state index is 13.2. The van der Waals surface area contributed by atoms with E-state index in [4.69, 9.17) is 4.98 Å². The molecule has 0 aliphatic rings. The van der Waals surface area contributed by atoms with Crippen molar-refractivity contribution in [2.75, 3.05) is 5.32 Å². The molecule has 25 heavy (non-hydrogen) atoms. The minimum absolute atomic E-state index is 0.180. The lowest BCUT2D eigenvalue weighted by molar-refractivity contribution is 0.475. The van der Waals surface area contributed by atoms with E-state index in [0.29, 0.717) is 0 Å². The third-order valence-corrected chi connectivity index (χ3v) is 4.07. The number of hydrogen-bond donors (Lipinski definition) is 2. The lowest BCUT2D eigenvalue weighted by Crippen LogP contribution is -1.99. The second-order valence-corrected chi connectivity index (χ2v) is 5.85. The fraction of sp³-hybridized carbons (Fsp3) is 0.0500. The van der Waals surface area contributed by atoms with Crippen molar-refractivity contribution in [1.29, 1.82) is 0 Å². The first-order chi connectivity index (χ1) is 12.1. The highest BCUT2D eigenvalue weighted by Gasteiger charge is 2.16. The van der Waals surface area contributed by atoms with Crippen molar-refractivity contribution < 1.29 is 9.50 Å². The van der Waals surface area contributed by atoms with Crippen molar-refractivity contribution in [2.45, 2.75) is 6.92 Å². The molecule has 0 unspecified atom stereocenters. The van der Waals surface area contributed by atoms with Gasteiger partial charge < -0.3 is 10.4 Å². The number of anilines is 2. The van der Waals surface area contributed by atoms with Crippen molar-refractivity contribution in [3.63, 3.8) is 0 Å². The molecule has 0 radical (unpaired) electrons. The standard InChI is InChI=1S/C20H16FN3O/c1-13-4-2-7-18-23-19(14-5-3-6-17(25)12-14)20(24(13)18)22-16-10-8-15(21)9-11-16/h2-12,22,25H,1H3. The van der Waals surface area contributed by atoms with Gasteiger partial charge in [0.05, 0.1) is 0 Å². The highest BCUT2D eigenvalue weighted by Crippen LogP contribution is 2.33. The minimum atomic E-state index is -0.284. The second kappa shape index (κ2) is 5.94. The van der Waals surface area contributed by atoms with Crippen LogP contribution in [-0.4, -0.2) is 14.5 Å². The number of fused-ring (bicyclic) bond motifs is 1. The molecule has 2 aromatic carbocycles. The first kappa shape index (κ1) is 15.2. The molecule has 2 aromatic heterocycles. The van der Waals surface area contributed by atoms with Crippen LogP contribution in [0.15, 0.2) is 66.7 Å². The van der Waals surface area contributed by atoms with Crippen molar-refractivity contribution in [3.8, 4) is 17.0 Å². The number of aromatic hydroxyl groups is 1. The summed E-state index contributed by atoms with van der Waals surface area (Å²) < 4.78 is 15.2. The summed E-state index contributed by atoms with van der Waals surface area (Å²) in [5.41, 5.74) is 4.08. The Balaban J connectivity index is 1.93. The van der Waals surface area contributed by atoms with Crippen LogP contribution >= 0.6 is 0 Å². The molecule has 0 aliphatic heterocycles. The highest BCUT2D eigenvalue weighted by atomic mass is 19.1. The highest BCUT2D eigenvalue weighted by molar-refractivity contribution is 5.80. The third-order valence-electron chi connectivity index (χ3n) is 4.07. The molecule has 2 heterocycles. The van der Waals surface area contributed by atoms with Crippen LogP contribution in [0.2, 0.25) is 0 Å². The normalized spacial score (nSPS) is 11.0. The number of imidazole rings is 1. The van der Waals surface area contributed by atoms with Gasteiger partial charge in [0.15, 0.2) is 0 Å². The molecular formula is C20H16FN3O. The number of nitrogens with one attached hydrogen (secondary N) is 1. The largest absolute Gasteiger partial charge is 0.508 e. The lowest BCUT2D eigenvalue weighted by atomic mass is 10.1. The Morgan fingerprint density at radius 1 is 1.00 bits per heavy atom. The monoisotopic (exact) mass is 333 g/mol. The fourth-order valence-corrected chi connectivity index (χ4v) is 2.89. The molecular weight excluding hydrogens is 317 g/mol. The van der Waals surface area contributed by atoms with Crippen molar-refractivity contribution >= 4 is 17.2 Å². The van der Waals surface area contributed by atoms with E-state index in [0.717, 1.165) is 34.1 Å². The van der Waals surface area contributed by atoms with Gasteiger partial charge in [-0.05, 0) is 55.5 Å². The third kappa shape index (κ3) is 2.80. The quantitative estimate of drug-likeness (QED) is 0.561. The van der Waals surface area contributed by atoms with E-state index in [9.17, 15) is 9.50 Å². The molecule has 0 bridgehead atoms. The summed E-state index contributed by atoms with van der Waals surface area (Å²) in [6.45, 7) is 2.00. The summed E-state index contributed by atoms with van der Waals surface area (Å²) in [6, 6.07) is 19.0. The van der Waals surface area contributed by atoms with E-state index in [2.05, 4.69) is 5.32 Å². The van der Waals surface area contributed by atoms with Crippen LogP contribution in [-0.2, 0) is 0 Å². The van der Waals surface area contributed by atoms with Crippen molar-refractivity contribution in [3.05, 3.63) is 78.2 Å². The molecule has 4 aromatic rings. The Morgan fingerprint density at radius 3 is 2.52 bits per heavy atom. The number of benzene rings is 2. The van der Waals surface area contributed by atoms with Crippen LogP contribution in [0.5, 0.6) is 5.75 Å². The smallest absolute Gasteiger partial charge is 0.143 e. The zero-order valence-corrected chi connectivity index (χ0v) is 13.6. The van der Waals surface area contributed by atoms with Crippen LogP contribution in [0.25, 0.3) is 16.9 Å². The number of hydrogen-bond acceptors (Lipinski definition) is 3. The Hall–Kier alpha value is -3.34. The Kier molecular flexibility index (Phi) is 3.61. The Bertz CT molecular complexity index is 1050. The van der Waals surface area contributed by atoms with E-state index in [1.807, 2.05) is 35.6 Å². The number of phenols is 1. The average Bonchev–Trinajstić information content (AvgIpc) is 2.97. The summed E-state index contributed by atoms with van der Waals surface area (Å²) in [5, 5.41) is 13.2. The summed E-state index contributed by atoms with van der Waals surface area (Å²) in [5.74, 6) is 0.664. The average molecular weight is 333 g/mol. The summed E-state index contributed by atoms with van der Waals surface area (Å²) in [4.78, 5) is 4.71. The number of aryl methyl sites for hydroxylation is 1. The van der Waals surface area contributed by atoms with Crippen molar-refractivity contribution in [1.82, 2.24) is 9.38 Å². The van der Waals surface area contributed by atoms with Gasteiger partial charge in [0, 0.05) is 16.9 Å². The van der Waals surface area contributed by atoms with Crippen LogP contribution in [0, 0.1) is 12.7 Å². The van der Waals surface area contributed by atoms with Gasteiger partial charge in [-0.1, -0.05) is 18.2 Å². The Labute approximate surface area is 144 Å². The molecule has 0 spiro atoms. The number of halogens is 1. The minimum Gasteiger partial charge on any atom is -0.508 e. The zero-order chi connectivity index (χ0) is 17.4. The number of nitrogens with zero attached hydrogens (tertiary/aromatic N) is 2. The maximum absolute atomic E-state index is 13.2. The van der Waals surface area contributed by atoms with Gasteiger partial charge in [0.25, 0.3) is 0 Å². The predicted octanol–water partition coefficient (Wildman–Crippen LogP) is 4.90. The maximum Gasteiger partial charge on any atom is 0.143 e.